The predicted octanol–water partition coefficient (Wildman–Crippen LogP) is 4.44. The summed E-state index contributed by atoms with van der Waals surface area (Å²) >= 11 is 0. The molecule has 32 heavy (non-hydrogen) atoms. The number of aliphatic carboxylic acids is 1. The highest BCUT2D eigenvalue weighted by molar-refractivity contribution is 5.76. The van der Waals surface area contributed by atoms with Crippen molar-refractivity contribution in [1.82, 2.24) is 10.2 Å². The molecule has 2 aliphatic rings. The quantitative estimate of drug-likeness (QED) is 0.673. The van der Waals surface area contributed by atoms with Crippen molar-refractivity contribution in [3.05, 3.63) is 54.1 Å². The molecule has 0 radical (unpaired) electrons. The number of nitrogens with zero attached hydrogens (tertiary/aromatic N) is 2. The van der Waals surface area contributed by atoms with E-state index < -0.39 is 11.9 Å². The Balaban J connectivity index is 1.37. The normalized spacial score (nSPS) is 19.3. The largest absolute Gasteiger partial charge is 0.481 e. The fourth-order valence-corrected chi connectivity index (χ4v) is 5.14. The summed E-state index contributed by atoms with van der Waals surface area (Å²) in [5.74, 6) is -0.823. The molecule has 0 aliphatic carbocycles. The number of carbonyl (C=O) groups is 1. The van der Waals surface area contributed by atoms with Gasteiger partial charge in [0.25, 0.3) is 0 Å². The first-order valence-corrected chi connectivity index (χ1v) is 12.1. The van der Waals surface area contributed by atoms with Gasteiger partial charge in [-0.2, -0.15) is 0 Å². The Kier molecular flexibility index (Phi) is 7.48. The first-order valence-electron chi connectivity index (χ1n) is 12.1. The average molecular weight is 436 g/mol. The van der Waals surface area contributed by atoms with E-state index in [9.17, 15) is 9.90 Å². The van der Waals surface area contributed by atoms with Crippen LogP contribution in [-0.2, 0) is 4.79 Å². The standard InChI is InChI=1S/C27H37N3O2/c1-20(2)19-26(27(31)32)23-5-3-21(4-6-23)22-7-9-24(10-8-22)29-15-17-30(18-16-29)25-11-13-28-14-12-25/h3-10,20,25-26,28H,11-19H2,1-2H3,(H,31,32). The zero-order valence-corrected chi connectivity index (χ0v) is 19.5. The molecule has 0 bridgehead atoms. The minimum absolute atomic E-state index is 0.352. The Bertz CT molecular complexity index is 865. The number of nitrogens with one attached hydrogen (secondary N) is 1. The number of hydrogen-bond acceptors (Lipinski definition) is 4. The summed E-state index contributed by atoms with van der Waals surface area (Å²) in [5.41, 5.74) is 4.48. The Morgan fingerprint density at radius 1 is 0.938 bits per heavy atom. The first-order chi connectivity index (χ1) is 15.5. The maximum atomic E-state index is 11.7. The summed E-state index contributed by atoms with van der Waals surface area (Å²) in [7, 11) is 0. The summed E-state index contributed by atoms with van der Waals surface area (Å²) in [6.45, 7) is 10.9. The predicted molar refractivity (Wildman–Crippen MR) is 131 cm³/mol. The molecule has 0 saturated carbocycles. The van der Waals surface area contributed by atoms with Crippen LogP contribution in [0.15, 0.2) is 48.5 Å². The topological polar surface area (TPSA) is 55.8 Å². The van der Waals surface area contributed by atoms with E-state index in [-0.39, 0.29) is 0 Å². The van der Waals surface area contributed by atoms with Gasteiger partial charge in [0.1, 0.15) is 0 Å². The Morgan fingerprint density at radius 3 is 2.03 bits per heavy atom. The maximum absolute atomic E-state index is 11.7. The molecule has 1 unspecified atom stereocenters. The fraction of sp³-hybridized carbons (Fsp3) is 0.519. The number of carboxylic acids is 1. The molecule has 0 amide bonds. The second-order valence-electron chi connectivity index (χ2n) is 9.69. The van der Waals surface area contributed by atoms with Crippen LogP contribution >= 0.6 is 0 Å². The van der Waals surface area contributed by atoms with Gasteiger partial charge >= 0.3 is 5.97 Å². The number of anilines is 1. The van der Waals surface area contributed by atoms with Crippen LogP contribution in [0, 0.1) is 5.92 Å². The SMILES string of the molecule is CC(C)CC(C(=O)O)c1ccc(-c2ccc(N3CCN(C4CCNCC4)CC3)cc2)cc1. The van der Waals surface area contributed by atoms with Gasteiger partial charge in [0.15, 0.2) is 0 Å². The van der Waals surface area contributed by atoms with E-state index in [1.54, 1.807) is 0 Å². The maximum Gasteiger partial charge on any atom is 0.310 e. The summed E-state index contributed by atoms with van der Waals surface area (Å²) in [6, 6.07) is 17.6. The molecule has 2 saturated heterocycles. The van der Waals surface area contributed by atoms with Crippen molar-refractivity contribution in [2.45, 2.75) is 45.1 Å². The molecule has 4 rings (SSSR count). The lowest BCUT2D eigenvalue weighted by Crippen LogP contribution is -2.52. The van der Waals surface area contributed by atoms with Crippen LogP contribution in [0.4, 0.5) is 5.69 Å². The van der Waals surface area contributed by atoms with Crippen molar-refractivity contribution in [2.75, 3.05) is 44.2 Å². The van der Waals surface area contributed by atoms with Crippen molar-refractivity contribution in [2.24, 2.45) is 5.92 Å². The van der Waals surface area contributed by atoms with E-state index in [1.165, 1.54) is 24.1 Å². The van der Waals surface area contributed by atoms with E-state index in [4.69, 9.17) is 0 Å². The van der Waals surface area contributed by atoms with Crippen LogP contribution in [0.2, 0.25) is 0 Å². The van der Waals surface area contributed by atoms with Crippen LogP contribution in [-0.4, -0.2) is 61.3 Å². The minimum atomic E-state index is -0.740. The van der Waals surface area contributed by atoms with Gasteiger partial charge in [0, 0.05) is 37.9 Å². The summed E-state index contributed by atoms with van der Waals surface area (Å²) < 4.78 is 0. The Labute approximate surface area is 192 Å². The van der Waals surface area contributed by atoms with Gasteiger partial charge in [-0.1, -0.05) is 50.2 Å². The molecule has 1 atom stereocenters. The van der Waals surface area contributed by atoms with Gasteiger partial charge in [-0.15, -0.1) is 0 Å². The molecule has 0 spiro atoms. The zero-order valence-electron chi connectivity index (χ0n) is 19.5. The molecule has 5 heteroatoms. The van der Waals surface area contributed by atoms with Gasteiger partial charge in [-0.3, -0.25) is 9.69 Å². The number of carboxylic acid groups (broad SMARTS) is 1. The van der Waals surface area contributed by atoms with Gasteiger partial charge in [0.2, 0.25) is 0 Å². The Morgan fingerprint density at radius 2 is 1.50 bits per heavy atom. The van der Waals surface area contributed by atoms with E-state index in [1.807, 2.05) is 12.1 Å². The third-order valence-corrected chi connectivity index (χ3v) is 7.02. The highest BCUT2D eigenvalue weighted by atomic mass is 16.4. The highest BCUT2D eigenvalue weighted by Gasteiger charge is 2.25. The van der Waals surface area contributed by atoms with Crippen LogP contribution in [0.1, 0.15) is 44.6 Å². The molecular weight excluding hydrogens is 398 g/mol. The van der Waals surface area contributed by atoms with E-state index >= 15 is 0 Å². The number of hydrogen-bond donors (Lipinski definition) is 2. The number of piperazine rings is 1. The highest BCUT2D eigenvalue weighted by Crippen LogP contribution is 2.29. The van der Waals surface area contributed by atoms with Gasteiger partial charge in [0.05, 0.1) is 5.92 Å². The van der Waals surface area contributed by atoms with Crippen molar-refractivity contribution < 1.29 is 9.90 Å². The molecule has 172 valence electrons. The number of benzene rings is 2. The lowest BCUT2D eigenvalue weighted by atomic mass is 9.89. The Hall–Kier alpha value is -2.37. The van der Waals surface area contributed by atoms with E-state index in [0.29, 0.717) is 12.3 Å². The monoisotopic (exact) mass is 435 g/mol. The summed E-state index contributed by atoms with van der Waals surface area (Å²) in [4.78, 5) is 16.8. The van der Waals surface area contributed by atoms with Crippen molar-refractivity contribution in [3.63, 3.8) is 0 Å². The van der Waals surface area contributed by atoms with Gasteiger partial charge in [-0.25, -0.2) is 0 Å². The van der Waals surface area contributed by atoms with E-state index in [0.717, 1.165) is 56.4 Å². The fourth-order valence-electron chi connectivity index (χ4n) is 5.14. The van der Waals surface area contributed by atoms with Crippen molar-refractivity contribution in [1.29, 1.82) is 0 Å². The smallest absolute Gasteiger partial charge is 0.310 e. The molecule has 5 nitrogen and oxygen atoms in total. The second kappa shape index (κ2) is 10.5. The first kappa shape index (κ1) is 22.8. The van der Waals surface area contributed by atoms with Crippen LogP contribution in [0.3, 0.4) is 0 Å². The molecule has 2 aromatic rings. The van der Waals surface area contributed by atoms with Gasteiger partial charge in [-0.05, 0) is 67.1 Å². The van der Waals surface area contributed by atoms with Crippen LogP contribution in [0.25, 0.3) is 11.1 Å². The molecule has 0 aromatic heterocycles. The third kappa shape index (κ3) is 5.51. The minimum Gasteiger partial charge on any atom is -0.481 e. The molecular formula is C27H37N3O2. The second-order valence-corrected chi connectivity index (χ2v) is 9.69. The van der Waals surface area contributed by atoms with Crippen LogP contribution < -0.4 is 10.2 Å². The third-order valence-electron chi connectivity index (χ3n) is 7.02. The average Bonchev–Trinajstić information content (AvgIpc) is 2.83. The van der Waals surface area contributed by atoms with Crippen molar-refractivity contribution in [3.8, 4) is 11.1 Å². The molecule has 2 aromatic carbocycles. The lowest BCUT2D eigenvalue weighted by Gasteiger charge is -2.41. The summed E-state index contributed by atoms with van der Waals surface area (Å²) in [6.07, 6.45) is 3.21. The summed E-state index contributed by atoms with van der Waals surface area (Å²) in [5, 5.41) is 13.1. The molecule has 2 heterocycles. The number of rotatable bonds is 7. The molecule has 2 aliphatic heterocycles. The van der Waals surface area contributed by atoms with E-state index in [2.05, 4.69) is 65.4 Å². The zero-order chi connectivity index (χ0) is 22.5. The molecule has 2 N–H and O–H groups in total. The lowest BCUT2D eigenvalue weighted by molar-refractivity contribution is -0.139. The van der Waals surface area contributed by atoms with Gasteiger partial charge < -0.3 is 15.3 Å². The molecule has 2 fully saturated rings. The van der Waals surface area contributed by atoms with Crippen LogP contribution in [0.5, 0.6) is 0 Å². The number of piperidine rings is 1. The van der Waals surface area contributed by atoms with Crippen molar-refractivity contribution >= 4 is 11.7 Å².